The van der Waals surface area contributed by atoms with Crippen LogP contribution in [0.1, 0.15) is 41.5 Å². The summed E-state index contributed by atoms with van der Waals surface area (Å²) in [6.07, 6.45) is 0. The van der Waals surface area contributed by atoms with Gasteiger partial charge in [-0.15, -0.1) is 0 Å². The first-order chi connectivity index (χ1) is 9.79. The van der Waals surface area contributed by atoms with Gasteiger partial charge in [-0.2, -0.15) is 4.98 Å². The summed E-state index contributed by atoms with van der Waals surface area (Å²) in [5.74, 6) is 3.13. The molecule has 0 radical (unpaired) electrons. The van der Waals surface area contributed by atoms with Gasteiger partial charge in [-0.1, -0.05) is 41.5 Å². The van der Waals surface area contributed by atoms with Gasteiger partial charge < -0.3 is 15.4 Å². The zero-order chi connectivity index (χ0) is 16.0. The number of nitrogens with zero attached hydrogens (tertiary/aromatic N) is 2. The molecule has 21 heavy (non-hydrogen) atoms. The van der Waals surface area contributed by atoms with Gasteiger partial charge in [-0.25, -0.2) is 0 Å². The molecule has 0 spiro atoms. The molecule has 0 bridgehead atoms. The maximum Gasteiger partial charge on any atom is 0.239 e. The van der Waals surface area contributed by atoms with Crippen molar-refractivity contribution in [2.75, 3.05) is 30.3 Å². The predicted molar refractivity (Wildman–Crippen MR) is 90.9 cm³/mol. The number of ether oxygens (including phenoxy) is 1. The summed E-state index contributed by atoms with van der Waals surface area (Å²) in [6.45, 7) is 15.7. The smallest absolute Gasteiger partial charge is 0.239 e. The van der Waals surface area contributed by atoms with E-state index >= 15 is 0 Å². The van der Waals surface area contributed by atoms with E-state index in [9.17, 15) is 0 Å². The molecule has 4 heteroatoms. The monoisotopic (exact) mass is 293 g/mol. The number of nitrogen functional groups attached to an aromatic ring is 1. The van der Waals surface area contributed by atoms with E-state index in [1.165, 1.54) is 0 Å². The van der Waals surface area contributed by atoms with Gasteiger partial charge in [0.25, 0.3) is 0 Å². The summed E-state index contributed by atoms with van der Waals surface area (Å²) in [7, 11) is 0. The van der Waals surface area contributed by atoms with Crippen LogP contribution in [0, 0.1) is 17.8 Å². The number of nitrogens with two attached hydrogens (primary N) is 1. The second-order valence-corrected chi connectivity index (χ2v) is 6.96. The minimum absolute atomic E-state index is 0.456. The summed E-state index contributed by atoms with van der Waals surface area (Å²) in [4.78, 5) is 6.95. The van der Waals surface area contributed by atoms with Gasteiger partial charge >= 0.3 is 0 Å². The maximum atomic E-state index is 5.97. The van der Waals surface area contributed by atoms with E-state index in [0.717, 1.165) is 18.9 Å². The molecule has 1 aromatic heterocycles. The molecular weight excluding hydrogens is 262 g/mol. The largest absolute Gasteiger partial charge is 0.476 e. The molecular formula is C17H31N3O. The van der Waals surface area contributed by atoms with Gasteiger partial charge in [0.05, 0.1) is 12.3 Å². The third-order valence-electron chi connectivity index (χ3n) is 2.92. The number of anilines is 2. The molecule has 0 unspecified atom stereocenters. The Morgan fingerprint density at radius 1 is 1.00 bits per heavy atom. The van der Waals surface area contributed by atoms with Gasteiger partial charge in [0.15, 0.2) is 0 Å². The van der Waals surface area contributed by atoms with Crippen LogP contribution in [0.5, 0.6) is 5.88 Å². The number of pyridine rings is 1. The summed E-state index contributed by atoms with van der Waals surface area (Å²) in [5.41, 5.74) is 6.58. The van der Waals surface area contributed by atoms with E-state index in [0.29, 0.717) is 35.9 Å². The Morgan fingerprint density at radius 3 is 2.05 bits per heavy atom. The molecule has 4 nitrogen and oxygen atoms in total. The summed E-state index contributed by atoms with van der Waals surface area (Å²) in [5, 5.41) is 0. The number of hydrogen-bond donors (Lipinski definition) is 1. The fraction of sp³-hybridized carbons (Fsp3) is 0.706. The minimum Gasteiger partial charge on any atom is -0.476 e. The number of hydrogen-bond acceptors (Lipinski definition) is 4. The normalized spacial score (nSPS) is 11.5. The first-order valence-corrected chi connectivity index (χ1v) is 7.93. The van der Waals surface area contributed by atoms with Gasteiger partial charge in [0.1, 0.15) is 5.82 Å². The van der Waals surface area contributed by atoms with Gasteiger partial charge in [0, 0.05) is 13.1 Å². The molecule has 0 aliphatic carbocycles. The molecule has 0 aromatic carbocycles. The summed E-state index contributed by atoms with van der Waals surface area (Å²) < 4.78 is 5.74. The topological polar surface area (TPSA) is 51.4 Å². The first kappa shape index (κ1) is 17.6. The van der Waals surface area contributed by atoms with E-state index in [1.807, 2.05) is 12.1 Å². The van der Waals surface area contributed by atoms with E-state index in [1.54, 1.807) is 0 Å². The molecule has 0 aliphatic heterocycles. The third kappa shape index (κ3) is 6.23. The molecule has 0 atom stereocenters. The van der Waals surface area contributed by atoms with Crippen LogP contribution in [0.4, 0.5) is 11.5 Å². The average molecular weight is 293 g/mol. The molecule has 2 N–H and O–H groups in total. The molecule has 0 saturated heterocycles. The quantitative estimate of drug-likeness (QED) is 0.791. The second-order valence-electron chi connectivity index (χ2n) is 6.96. The first-order valence-electron chi connectivity index (χ1n) is 7.93. The highest BCUT2D eigenvalue weighted by Gasteiger charge is 2.14. The Morgan fingerprint density at radius 2 is 1.57 bits per heavy atom. The average Bonchev–Trinajstić information content (AvgIpc) is 2.35. The van der Waals surface area contributed by atoms with Crippen molar-refractivity contribution in [2.45, 2.75) is 41.5 Å². The van der Waals surface area contributed by atoms with Gasteiger partial charge in [0.2, 0.25) is 5.88 Å². The van der Waals surface area contributed by atoms with Crippen LogP contribution in [0.3, 0.4) is 0 Å². The van der Waals surface area contributed by atoms with Crippen molar-refractivity contribution in [1.82, 2.24) is 4.98 Å². The lowest BCUT2D eigenvalue weighted by Gasteiger charge is -2.28. The van der Waals surface area contributed by atoms with Crippen molar-refractivity contribution >= 4 is 11.5 Å². The highest BCUT2D eigenvalue weighted by atomic mass is 16.5. The fourth-order valence-corrected chi connectivity index (χ4v) is 2.12. The van der Waals surface area contributed by atoms with Gasteiger partial charge in [-0.05, 0) is 29.9 Å². The lowest BCUT2D eigenvalue weighted by atomic mass is 10.1. The highest BCUT2D eigenvalue weighted by Crippen LogP contribution is 2.24. The molecule has 0 saturated carbocycles. The Hall–Kier alpha value is -1.45. The van der Waals surface area contributed by atoms with Crippen LogP contribution < -0.4 is 15.4 Å². The SMILES string of the molecule is CC(C)COc1nc(N(CC(C)C)CC(C)C)ccc1N. The lowest BCUT2D eigenvalue weighted by molar-refractivity contribution is 0.263. The van der Waals surface area contributed by atoms with Crippen molar-refractivity contribution in [3.8, 4) is 5.88 Å². The molecule has 0 aliphatic rings. The van der Waals surface area contributed by atoms with Crippen molar-refractivity contribution in [2.24, 2.45) is 17.8 Å². The van der Waals surface area contributed by atoms with E-state index < -0.39 is 0 Å². The molecule has 0 fully saturated rings. The standard InChI is InChI=1S/C17H31N3O/c1-12(2)9-20(10-13(3)4)16-8-7-15(18)17(19-16)21-11-14(5)6/h7-8,12-14H,9-11,18H2,1-6H3. The molecule has 1 aromatic rings. The molecule has 120 valence electrons. The lowest BCUT2D eigenvalue weighted by Crippen LogP contribution is -2.32. The Kier molecular flexibility index (Phi) is 6.79. The zero-order valence-corrected chi connectivity index (χ0v) is 14.4. The predicted octanol–water partition coefficient (Wildman–Crippen LogP) is 3.82. The van der Waals surface area contributed by atoms with Gasteiger partial charge in [-0.3, -0.25) is 0 Å². The van der Waals surface area contributed by atoms with Crippen LogP contribution in [-0.2, 0) is 0 Å². The number of rotatable bonds is 8. The van der Waals surface area contributed by atoms with Crippen LogP contribution >= 0.6 is 0 Å². The zero-order valence-electron chi connectivity index (χ0n) is 14.4. The van der Waals surface area contributed by atoms with Crippen LogP contribution in [-0.4, -0.2) is 24.7 Å². The molecule has 1 rings (SSSR count). The van der Waals surface area contributed by atoms with E-state index in [2.05, 4.69) is 51.4 Å². The molecule has 1 heterocycles. The Bertz CT molecular complexity index is 420. The fourth-order valence-electron chi connectivity index (χ4n) is 2.12. The third-order valence-corrected chi connectivity index (χ3v) is 2.92. The summed E-state index contributed by atoms with van der Waals surface area (Å²) >= 11 is 0. The molecule has 0 amide bonds. The number of aromatic nitrogens is 1. The van der Waals surface area contributed by atoms with E-state index in [-0.39, 0.29) is 0 Å². The van der Waals surface area contributed by atoms with Crippen LogP contribution in [0.2, 0.25) is 0 Å². The Balaban J connectivity index is 2.94. The van der Waals surface area contributed by atoms with Crippen molar-refractivity contribution < 1.29 is 4.74 Å². The van der Waals surface area contributed by atoms with Crippen molar-refractivity contribution in [3.05, 3.63) is 12.1 Å². The van der Waals surface area contributed by atoms with Crippen molar-refractivity contribution in [3.63, 3.8) is 0 Å². The van der Waals surface area contributed by atoms with E-state index in [4.69, 9.17) is 10.5 Å². The minimum atomic E-state index is 0.456. The van der Waals surface area contributed by atoms with Crippen LogP contribution in [0.25, 0.3) is 0 Å². The summed E-state index contributed by atoms with van der Waals surface area (Å²) in [6, 6.07) is 3.88. The van der Waals surface area contributed by atoms with Crippen LogP contribution in [0.15, 0.2) is 12.1 Å². The Labute approximate surface area is 129 Å². The van der Waals surface area contributed by atoms with Crippen molar-refractivity contribution in [1.29, 1.82) is 0 Å². The maximum absolute atomic E-state index is 5.97. The second kappa shape index (κ2) is 8.11. The highest BCUT2D eigenvalue weighted by molar-refractivity contribution is 5.54.